The fourth-order valence-corrected chi connectivity index (χ4v) is 2.53. The summed E-state index contributed by atoms with van der Waals surface area (Å²) in [6.45, 7) is 4.39. The van der Waals surface area contributed by atoms with E-state index in [2.05, 4.69) is 23.4 Å². The average molecular weight is 207 g/mol. The van der Waals surface area contributed by atoms with E-state index < -0.39 is 0 Å². The van der Waals surface area contributed by atoms with Crippen LogP contribution < -0.4 is 5.73 Å². The van der Waals surface area contributed by atoms with Crippen LogP contribution >= 0.6 is 0 Å². The van der Waals surface area contributed by atoms with E-state index in [0.29, 0.717) is 5.54 Å². The van der Waals surface area contributed by atoms with Gasteiger partial charge in [0.2, 0.25) is 0 Å². The lowest BCUT2D eigenvalue weighted by atomic mass is 9.74. The minimum atomic E-state index is 0.136. The van der Waals surface area contributed by atoms with Gasteiger partial charge < -0.3 is 10.3 Å². The van der Waals surface area contributed by atoms with Crippen LogP contribution in [0.15, 0.2) is 12.5 Å². The third-order valence-electron chi connectivity index (χ3n) is 3.94. The van der Waals surface area contributed by atoms with Crippen LogP contribution in [0.4, 0.5) is 0 Å². The van der Waals surface area contributed by atoms with Crippen LogP contribution in [0.25, 0.3) is 0 Å². The Hall–Kier alpha value is -0.830. The number of hydrogen-bond donors (Lipinski definition) is 1. The van der Waals surface area contributed by atoms with Gasteiger partial charge in [-0.1, -0.05) is 13.8 Å². The molecule has 15 heavy (non-hydrogen) atoms. The predicted molar refractivity (Wildman–Crippen MR) is 61.6 cm³/mol. The van der Waals surface area contributed by atoms with E-state index in [0.717, 1.165) is 6.42 Å². The second-order valence-corrected chi connectivity index (χ2v) is 4.63. The summed E-state index contributed by atoms with van der Waals surface area (Å²) < 4.78 is 2.34. The first-order valence-corrected chi connectivity index (χ1v) is 6.02. The zero-order chi connectivity index (χ0) is 10.9. The maximum absolute atomic E-state index is 6.11. The van der Waals surface area contributed by atoms with Crippen molar-refractivity contribution in [3.63, 3.8) is 0 Å². The molecule has 1 atom stereocenters. The quantitative estimate of drug-likeness (QED) is 0.824. The van der Waals surface area contributed by atoms with Crippen molar-refractivity contribution < 1.29 is 0 Å². The summed E-state index contributed by atoms with van der Waals surface area (Å²) in [6, 6.07) is 0.136. The first kappa shape index (κ1) is 10.7. The van der Waals surface area contributed by atoms with E-state index >= 15 is 0 Å². The molecule has 1 aromatic rings. The Morgan fingerprint density at radius 1 is 1.53 bits per heavy atom. The van der Waals surface area contributed by atoms with E-state index in [4.69, 9.17) is 5.73 Å². The minimum absolute atomic E-state index is 0.136. The van der Waals surface area contributed by atoms with Crippen molar-refractivity contribution >= 4 is 0 Å². The fraction of sp³-hybridized carbons (Fsp3) is 0.750. The van der Waals surface area contributed by atoms with E-state index in [9.17, 15) is 0 Å². The van der Waals surface area contributed by atoms with Crippen molar-refractivity contribution in [3.8, 4) is 0 Å². The van der Waals surface area contributed by atoms with Gasteiger partial charge in [-0.3, -0.25) is 0 Å². The topological polar surface area (TPSA) is 43.8 Å². The van der Waals surface area contributed by atoms with Crippen molar-refractivity contribution in [3.05, 3.63) is 18.2 Å². The minimum Gasteiger partial charge on any atom is -0.327 e. The first-order valence-electron chi connectivity index (χ1n) is 6.02. The molecule has 1 saturated carbocycles. The number of aromatic nitrogens is 2. The van der Waals surface area contributed by atoms with Crippen LogP contribution in [0.5, 0.6) is 0 Å². The molecule has 1 aliphatic rings. The van der Waals surface area contributed by atoms with Crippen LogP contribution in [0, 0.1) is 0 Å². The molecule has 0 saturated heterocycles. The Balaban J connectivity index is 2.31. The number of nitrogens with two attached hydrogens (primary N) is 1. The number of hydrogen-bond acceptors (Lipinski definition) is 2. The molecule has 2 rings (SSSR count). The lowest BCUT2D eigenvalue weighted by Gasteiger charge is -2.44. The van der Waals surface area contributed by atoms with Gasteiger partial charge in [0.15, 0.2) is 0 Å². The SMILES string of the molecule is CC[C@@H](N)c1cncn1C1(CC)CCC1. The molecule has 1 aromatic heterocycles. The summed E-state index contributed by atoms with van der Waals surface area (Å²) in [6.07, 6.45) is 9.97. The van der Waals surface area contributed by atoms with Crippen LogP contribution in [0.1, 0.15) is 57.7 Å². The van der Waals surface area contributed by atoms with E-state index in [1.165, 1.54) is 31.4 Å². The van der Waals surface area contributed by atoms with Gasteiger partial charge >= 0.3 is 0 Å². The van der Waals surface area contributed by atoms with Gasteiger partial charge in [0.1, 0.15) is 0 Å². The van der Waals surface area contributed by atoms with Gasteiger partial charge in [0.05, 0.1) is 12.0 Å². The zero-order valence-electron chi connectivity index (χ0n) is 9.74. The summed E-state index contributed by atoms with van der Waals surface area (Å²) in [5.74, 6) is 0. The van der Waals surface area contributed by atoms with Crippen molar-refractivity contribution in [1.29, 1.82) is 0 Å². The maximum atomic E-state index is 6.11. The second kappa shape index (κ2) is 3.97. The smallest absolute Gasteiger partial charge is 0.0953 e. The molecule has 0 aliphatic heterocycles. The van der Waals surface area contributed by atoms with Gasteiger partial charge in [-0.05, 0) is 32.1 Å². The Kier molecular flexibility index (Phi) is 2.83. The third-order valence-corrected chi connectivity index (χ3v) is 3.94. The zero-order valence-corrected chi connectivity index (χ0v) is 9.74. The largest absolute Gasteiger partial charge is 0.327 e. The molecule has 0 radical (unpaired) electrons. The van der Waals surface area contributed by atoms with Crippen LogP contribution in [0.3, 0.4) is 0 Å². The molecule has 0 aromatic carbocycles. The molecule has 0 bridgehead atoms. The summed E-state index contributed by atoms with van der Waals surface area (Å²) in [5, 5.41) is 0. The van der Waals surface area contributed by atoms with E-state index in [1.54, 1.807) is 0 Å². The highest BCUT2D eigenvalue weighted by Crippen LogP contribution is 2.43. The molecule has 0 unspecified atom stereocenters. The summed E-state index contributed by atoms with van der Waals surface area (Å²) in [7, 11) is 0. The second-order valence-electron chi connectivity index (χ2n) is 4.63. The van der Waals surface area contributed by atoms with Gasteiger partial charge in [-0.25, -0.2) is 4.98 Å². The monoisotopic (exact) mass is 207 g/mol. The van der Waals surface area contributed by atoms with Crippen molar-refractivity contribution in [2.24, 2.45) is 5.73 Å². The number of imidazole rings is 1. The van der Waals surface area contributed by atoms with Crippen molar-refractivity contribution in [2.45, 2.75) is 57.5 Å². The molecular weight excluding hydrogens is 186 g/mol. The van der Waals surface area contributed by atoms with Crippen LogP contribution in [-0.2, 0) is 5.54 Å². The lowest BCUT2D eigenvalue weighted by molar-refractivity contribution is 0.130. The van der Waals surface area contributed by atoms with Gasteiger partial charge in [0.25, 0.3) is 0 Å². The molecule has 1 aliphatic carbocycles. The predicted octanol–water partition coefficient (Wildman–Crippen LogP) is 2.58. The highest BCUT2D eigenvalue weighted by molar-refractivity contribution is 5.10. The molecule has 3 nitrogen and oxygen atoms in total. The molecule has 2 N–H and O–H groups in total. The molecule has 0 amide bonds. The van der Waals surface area contributed by atoms with Crippen LogP contribution in [-0.4, -0.2) is 9.55 Å². The van der Waals surface area contributed by atoms with Gasteiger partial charge in [-0.2, -0.15) is 0 Å². The highest BCUT2D eigenvalue weighted by atomic mass is 15.1. The average Bonchev–Trinajstić information content (AvgIpc) is 2.65. The Labute approximate surface area is 91.7 Å². The normalized spacial score (nSPS) is 21.0. The summed E-state index contributed by atoms with van der Waals surface area (Å²) in [5.41, 5.74) is 7.65. The standard InChI is InChI=1S/C12H21N3/c1-3-10(13)11-8-14-9-15(11)12(4-2)6-5-7-12/h8-10H,3-7,13H2,1-2H3/t10-/m1/s1. The number of rotatable bonds is 4. The van der Waals surface area contributed by atoms with Gasteiger partial charge in [0, 0.05) is 17.8 Å². The molecular formula is C12H21N3. The Bertz CT molecular complexity index is 320. The van der Waals surface area contributed by atoms with Gasteiger partial charge in [-0.15, -0.1) is 0 Å². The summed E-state index contributed by atoms with van der Waals surface area (Å²) >= 11 is 0. The first-order chi connectivity index (χ1) is 7.23. The maximum Gasteiger partial charge on any atom is 0.0953 e. The Morgan fingerprint density at radius 2 is 2.27 bits per heavy atom. The molecule has 3 heteroatoms. The molecule has 1 heterocycles. The van der Waals surface area contributed by atoms with Crippen molar-refractivity contribution in [2.75, 3.05) is 0 Å². The van der Waals surface area contributed by atoms with E-state index in [-0.39, 0.29) is 6.04 Å². The third kappa shape index (κ3) is 1.59. The molecule has 84 valence electrons. The number of nitrogens with zero attached hydrogens (tertiary/aromatic N) is 2. The van der Waals surface area contributed by atoms with Crippen LogP contribution in [0.2, 0.25) is 0 Å². The van der Waals surface area contributed by atoms with E-state index in [1.807, 2.05) is 12.5 Å². The Morgan fingerprint density at radius 3 is 2.73 bits per heavy atom. The van der Waals surface area contributed by atoms with Crippen molar-refractivity contribution in [1.82, 2.24) is 9.55 Å². The molecule has 1 fully saturated rings. The highest BCUT2D eigenvalue weighted by Gasteiger charge is 2.38. The fourth-order valence-electron chi connectivity index (χ4n) is 2.53. The summed E-state index contributed by atoms with van der Waals surface area (Å²) in [4.78, 5) is 4.27. The lowest BCUT2D eigenvalue weighted by Crippen LogP contribution is -2.41. The molecule has 0 spiro atoms.